The highest BCUT2D eigenvalue weighted by atomic mass is 32.1. The molecular formula is C13H18N4S. The van der Waals surface area contributed by atoms with E-state index < -0.39 is 0 Å². The summed E-state index contributed by atoms with van der Waals surface area (Å²) in [4.78, 5) is 7.09. The summed E-state index contributed by atoms with van der Waals surface area (Å²) in [6.07, 6.45) is 6.71. The molecule has 4 nitrogen and oxygen atoms in total. The van der Waals surface area contributed by atoms with Gasteiger partial charge >= 0.3 is 0 Å². The predicted octanol–water partition coefficient (Wildman–Crippen LogP) is 2.35. The Balaban J connectivity index is 1.68. The molecule has 1 saturated carbocycles. The summed E-state index contributed by atoms with van der Waals surface area (Å²) >= 11 is 1.77. The minimum Gasteiger partial charge on any atom is -0.289 e. The number of thiazole rings is 1. The molecule has 2 aromatic heterocycles. The van der Waals surface area contributed by atoms with E-state index in [0.29, 0.717) is 0 Å². The van der Waals surface area contributed by atoms with Crippen LogP contribution >= 0.6 is 11.3 Å². The molecule has 0 bridgehead atoms. The van der Waals surface area contributed by atoms with Crippen molar-refractivity contribution in [2.75, 3.05) is 0 Å². The van der Waals surface area contributed by atoms with Gasteiger partial charge in [-0.2, -0.15) is 5.10 Å². The molecule has 2 aromatic rings. The van der Waals surface area contributed by atoms with Crippen molar-refractivity contribution in [2.24, 2.45) is 7.05 Å². The van der Waals surface area contributed by atoms with Gasteiger partial charge in [-0.05, 0) is 19.8 Å². The first-order valence-corrected chi connectivity index (χ1v) is 7.21. The Hall–Kier alpha value is -1.20. The zero-order valence-electron chi connectivity index (χ0n) is 10.8. The number of hydrogen-bond acceptors (Lipinski definition) is 4. The van der Waals surface area contributed by atoms with E-state index in [2.05, 4.69) is 33.5 Å². The van der Waals surface area contributed by atoms with E-state index in [1.54, 1.807) is 11.3 Å². The highest BCUT2D eigenvalue weighted by molar-refractivity contribution is 7.09. The average molecular weight is 262 g/mol. The molecule has 0 unspecified atom stereocenters. The molecular weight excluding hydrogens is 244 g/mol. The monoisotopic (exact) mass is 262 g/mol. The van der Waals surface area contributed by atoms with Crippen molar-refractivity contribution in [3.8, 4) is 0 Å². The Morgan fingerprint density at radius 2 is 2.28 bits per heavy atom. The second kappa shape index (κ2) is 4.82. The van der Waals surface area contributed by atoms with Crippen LogP contribution in [0.3, 0.4) is 0 Å². The van der Waals surface area contributed by atoms with E-state index in [0.717, 1.165) is 24.8 Å². The lowest BCUT2D eigenvalue weighted by Crippen LogP contribution is -2.24. The maximum Gasteiger partial charge on any atom is 0.107 e. The zero-order chi connectivity index (χ0) is 12.5. The molecule has 0 atom stereocenters. The fourth-order valence-electron chi connectivity index (χ4n) is 2.19. The number of rotatable bonds is 5. The molecule has 3 rings (SSSR count). The molecule has 0 aromatic carbocycles. The van der Waals surface area contributed by atoms with Crippen LogP contribution in [0, 0.1) is 6.92 Å². The standard InChI is InChI=1S/C13H18N4S/c1-10-9-18-13(15-10)8-17(12-3-4-12)7-11-5-14-16(2)6-11/h5-6,9,12H,3-4,7-8H2,1-2H3. The van der Waals surface area contributed by atoms with Gasteiger partial charge in [-0.25, -0.2) is 4.98 Å². The van der Waals surface area contributed by atoms with Crippen LogP contribution in [0.5, 0.6) is 0 Å². The fraction of sp³-hybridized carbons (Fsp3) is 0.538. The summed E-state index contributed by atoms with van der Waals surface area (Å²) in [7, 11) is 1.97. The summed E-state index contributed by atoms with van der Waals surface area (Å²) in [5.74, 6) is 0. The van der Waals surface area contributed by atoms with Gasteiger partial charge in [0, 0.05) is 42.5 Å². The van der Waals surface area contributed by atoms with E-state index in [9.17, 15) is 0 Å². The molecule has 0 saturated heterocycles. The highest BCUT2D eigenvalue weighted by Gasteiger charge is 2.29. The first-order chi connectivity index (χ1) is 8.70. The quantitative estimate of drug-likeness (QED) is 0.829. The maximum atomic E-state index is 4.56. The second-order valence-electron chi connectivity index (χ2n) is 5.04. The van der Waals surface area contributed by atoms with Crippen LogP contribution in [0.15, 0.2) is 17.8 Å². The van der Waals surface area contributed by atoms with Crippen LogP contribution < -0.4 is 0 Å². The highest BCUT2D eigenvalue weighted by Crippen LogP contribution is 2.30. The Bertz CT molecular complexity index is 484. The van der Waals surface area contributed by atoms with Gasteiger partial charge in [0.05, 0.1) is 12.7 Å². The molecule has 1 aliphatic carbocycles. The van der Waals surface area contributed by atoms with Crippen LogP contribution in [0.25, 0.3) is 0 Å². The van der Waals surface area contributed by atoms with Crippen LogP contribution in [-0.2, 0) is 20.1 Å². The van der Waals surface area contributed by atoms with Crippen LogP contribution in [0.1, 0.15) is 29.1 Å². The Morgan fingerprint density at radius 1 is 1.44 bits per heavy atom. The third kappa shape index (κ3) is 2.79. The van der Waals surface area contributed by atoms with Gasteiger partial charge in [-0.1, -0.05) is 0 Å². The normalized spacial score (nSPS) is 15.5. The van der Waals surface area contributed by atoms with E-state index in [-0.39, 0.29) is 0 Å². The number of nitrogens with zero attached hydrogens (tertiary/aromatic N) is 4. The lowest BCUT2D eigenvalue weighted by molar-refractivity contribution is 0.245. The first-order valence-electron chi connectivity index (χ1n) is 6.33. The van der Waals surface area contributed by atoms with Gasteiger partial charge in [0.2, 0.25) is 0 Å². The van der Waals surface area contributed by atoms with Crippen molar-refractivity contribution in [1.82, 2.24) is 19.7 Å². The van der Waals surface area contributed by atoms with E-state index in [1.807, 2.05) is 17.9 Å². The van der Waals surface area contributed by atoms with E-state index >= 15 is 0 Å². The Morgan fingerprint density at radius 3 is 2.83 bits per heavy atom. The third-order valence-corrected chi connectivity index (χ3v) is 4.16. The van der Waals surface area contributed by atoms with Gasteiger partial charge in [0.15, 0.2) is 0 Å². The van der Waals surface area contributed by atoms with Crippen molar-refractivity contribution < 1.29 is 0 Å². The smallest absolute Gasteiger partial charge is 0.107 e. The van der Waals surface area contributed by atoms with E-state index in [4.69, 9.17) is 0 Å². The van der Waals surface area contributed by atoms with Crippen LogP contribution in [0.2, 0.25) is 0 Å². The molecule has 96 valence electrons. The largest absolute Gasteiger partial charge is 0.289 e. The summed E-state index contributed by atoms with van der Waals surface area (Å²) < 4.78 is 1.87. The van der Waals surface area contributed by atoms with Gasteiger partial charge in [-0.3, -0.25) is 9.58 Å². The van der Waals surface area contributed by atoms with Gasteiger partial charge in [0.1, 0.15) is 5.01 Å². The maximum absolute atomic E-state index is 4.56. The lowest BCUT2D eigenvalue weighted by Gasteiger charge is -2.19. The Labute approximate surface area is 111 Å². The Kier molecular flexibility index (Phi) is 3.18. The van der Waals surface area contributed by atoms with Gasteiger partial charge in [-0.15, -0.1) is 11.3 Å². The van der Waals surface area contributed by atoms with E-state index in [1.165, 1.54) is 23.4 Å². The topological polar surface area (TPSA) is 34.0 Å². The predicted molar refractivity (Wildman–Crippen MR) is 72.3 cm³/mol. The summed E-state index contributed by atoms with van der Waals surface area (Å²) in [5.41, 5.74) is 2.42. The SMILES string of the molecule is Cc1csc(CN(Cc2cnn(C)c2)C2CC2)n1. The first kappa shape index (κ1) is 11.9. The van der Waals surface area contributed by atoms with Gasteiger partial charge < -0.3 is 0 Å². The summed E-state index contributed by atoms with van der Waals surface area (Å²) in [6, 6.07) is 0.745. The van der Waals surface area contributed by atoms with Gasteiger partial charge in [0.25, 0.3) is 0 Å². The van der Waals surface area contributed by atoms with Crippen molar-refractivity contribution in [3.05, 3.63) is 34.0 Å². The van der Waals surface area contributed by atoms with Crippen LogP contribution in [-0.4, -0.2) is 25.7 Å². The molecule has 0 radical (unpaired) electrons. The second-order valence-corrected chi connectivity index (χ2v) is 5.98. The summed E-state index contributed by atoms with van der Waals surface area (Å²) in [6.45, 7) is 4.01. The van der Waals surface area contributed by atoms with Crippen LogP contribution in [0.4, 0.5) is 0 Å². The summed E-state index contributed by atoms with van der Waals surface area (Å²) in [5, 5.41) is 7.59. The molecule has 0 amide bonds. The molecule has 1 fully saturated rings. The molecule has 18 heavy (non-hydrogen) atoms. The lowest BCUT2D eigenvalue weighted by atomic mass is 10.3. The molecule has 1 aliphatic rings. The molecule has 0 N–H and O–H groups in total. The molecule has 5 heteroatoms. The van der Waals surface area contributed by atoms with Crippen molar-refractivity contribution >= 4 is 11.3 Å². The van der Waals surface area contributed by atoms with Crippen molar-refractivity contribution in [1.29, 1.82) is 0 Å². The van der Waals surface area contributed by atoms with Crippen molar-refractivity contribution in [3.63, 3.8) is 0 Å². The zero-order valence-corrected chi connectivity index (χ0v) is 11.7. The fourth-order valence-corrected chi connectivity index (χ4v) is 2.99. The third-order valence-electron chi connectivity index (χ3n) is 3.21. The molecule has 0 spiro atoms. The average Bonchev–Trinajstić information content (AvgIpc) is 2.99. The minimum atomic E-state index is 0.745. The minimum absolute atomic E-state index is 0.745. The number of aryl methyl sites for hydroxylation is 2. The molecule has 2 heterocycles. The molecule has 0 aliphatic heterocycles. The number of aromatic nitrogens is 3. The van der Waals surface area contributed by atoms with Crippen molar-refractivity contribution in [2.45, 2.75) is 38.9 Å². The number of hydrogen-bond donors (Lipinski definition) is 0.